The van der Waals surface area contributed by atoms with Gasteiger partial charge in [0.2, 0.25) is 0 Å². The monoisotopic (exact) mass is 262 g/mol. The predicted octanol–water partition coefficient (Wildman–Crippen LogP) is 3.26. The highest BCUT2D eigenvalue weighted by molar-refractivity contribution is 5.59. The first kappa shape index (κ1) is 12.8. The molecule has 0 aromatic heterocycles. The van der Waals surface area contributed by atoms with Crippen LogP contribution in [0.4, 0.5) is 5.69 Å². The van der Waals surface area contributed by atoms with E-state index >= 15 is 0 Å². The molecule has 2 aliphatic rings. The minimum atomic E-state index is -0.443. The standard InChI is InChI=1S/C15H22N2O2/c18-17-13-10-6-7-11-14(13)19-15(17)16-12-8-4-2-1-3-5-9-12/h6-7,10-12,15-16,18H,1-5,8-9H2. The summed E-state index contributed by atoms with van der Waals surface area (Å²) in [6.45, 7) is 0. The zero-order chi connectivity index (χ0) is 13.1. The normalized spacial score (nSPS) is 24.5. The first-order valence-electron chi connectivity index (χ1n) is 7.34. The highest BCUT2D eigenvalue weighted by atomic mass is 16.6. The summed E-state index contributed by atoms with van der Waals surface area (Å²) in [7, 11) is 0. The zero-order valence-corrected chi connectivity index (χ0v) is 11.2. The van der Waals surface area contributed by atoms with Gasteiger partial charge in [-0.05, 0) is 25.0 Å². The van der Waals surface area contributed by atoms with E-state index in [1.807, 2.05) is 24.3 Å². The second-order valence-corrected chi connectivity index (χ2v) is 5.49. The van der Waals surface area contributed by atoms with Crippen LogP contribution in [0.1, 0.15) is 44.9 Å². The molecule has 1 heterocycles. The highest BCUT2D eigenvalue weighted by Gasteiger charge is 2.31. The maximum atomic E-state index is 10.1. The van der Waals surface area contributed by atoms with Crippen LogP contribution >= 0.6 is 0 Å². The number of nitrogens with one attached hydrogen (secondary N) is 1. The first-order chi connectivity index (χ1) is 9.34. The van der Waals surface area contributed by atoms with E-state index in [2.05, 4.69) is 5.32 Å². The van der Waals surface area contributed by atoms with Crippen LogP contribution in [-0.4, -0.2) is 17.6 Å². The molecule has 1 aliphatic heterocycles. The van der Waals surface area contributed by atoms with E-state index in [1.54, 1.807) is 0 Å². The number of hydrogen-bond donors (Lipinski definition) is 2. The van der Waals surface area contributed by atoms with Crippen LogP contribution in [0, 0.1) is 0 Å². The Labute approximate surface area is 114 Å². The molecule has 0 radical (unpaired) electrons. The Kier molecular flexibility index (Phi) is 3.89. The van der Waals surface area contributed by atoms with E-state index < -0.39 is 6.35 Å². The number of hydrogen-bond acceptors (Lipinski definition) is 4. The molecule has 0 amide bonds. The van der Waals surface area contributed by atoms with E-state index in [4.69, 9.17) is 4.74 Å². The summed E-state index contributed by atoms with van der Waals surface area (Å²) in [4.78, 5) is 0. The molecule has 4 nitrogen and oxygen atoms in total. The second-order valence-electron chi connectivity index (χ2n) is 5.49. The third-order valence-corrected chi connectivity index (χ3v) is 4.06. The third-order valence-electron chi connectivity index (χ3n) is 4.06. The van der Waals surface area contributed by atoms with Gasteiger partial charge in [-0.1, -0.05) is 44.2 Å². The molecule has 104 valence electrons. The molecule has 1 atom stereocenters. The van der Waals surface area contributed by atoms with Crippen molar-refractivity contribution in [3.63, 3.8) is 0 Å². The maximum absolute atomic E-state index is 10.1. The van der Waals surface area contributed by atoms with E-state index in [-0.39, 0.29) is 0 Å². The molecule has 0 bridgehead atoms. The van der Waals surface area contributed by atoms with Crippen molar-refractivity contribution in [1.29, 1.82) is 0 Å². The van der Waals surface area contributed by atoms with Gasteiger partial charge < -0.3 is 4.74 Å². The second kappa shape index (κ2) is 5.80. The van der Waals surface area contributed by atoms with Crippen molar-refractivity contribution >= 4 is 5.69 Å². The van der Waals surface area contributed by atoms with Crippen LogP contribution in [0.25, 0.3) is 0 Å². The van der Waals surface area contributed by atoms with Crippen molar-refractivity contribution in [1.82, 2.24) is 5.32 Å². The van der Waals surface area contributed by atoms with Gasteiger partial charge in [-0.3, -0.25) is 10.5 Å². The molecule has 1 saturated carbocycles. The van der Waals surface area contributed by atoms with Gasteiger partial charge in [-0.25, -0.2) is 0 Å². The summed E-state index contributed by atoms with van der Waals surface area (Å²) in [6.07, 6.45) is 8.45. The molecule has 1 fully saturated rings. The Hall–Kier alpha value is -1.26. The zero-order valence-electron chi connectivity index (χ0n) is 11.2. The minimum Gasteiger partial charge on any atom is -0.453 e. The fourth-order valence-electron chi connectivity index (χ4n) is 2.97. The van der Waals surface area contributed by atoms with Crippen LogP contribution in [0.3, 0.4) is 0 Å². The maximum Gasteiger partial charge on any atom is 0.252 e. The molecule has 4 heteroatoms. The number of benzene rings is 1. The third kappa shape index (κ3) is 2.85. The van der Waals surface area contributed by atoms with E-state index in [0.717, 1.165) is 11.4 Å². The van der Waals surface area contributed by atoms with Crippen molar-refractivity contribution in [2.75, 3.05) is 5.06 Å². The summed E-state index contributed by atoms with van der Waals surface area (Å²) in [5, 5.41) is 14.8. The number of para-hydroxylation sites is 2. The Bertz CT molecular complexity index is 416. The largest absolute Gasteiger partial charge is 0.453 e. The van der Waals surface area contributed by atoms with E-state index in [0.29, 0.717) is 6.04 Å². The Morgan fingerprint density at radius 3 is 2.47 bits per heavy atom. The molecule has 19 heavy (non-hydrogen) atoms. The predicted molar refractivity (Wildman–Crippen MR) is 74.4 cm³/mol. The summed E-state index contributed by atoms with van der Waals surface area (Å²) < 4.78 is 5.76. The van der Waals surface area contributed by atoms with Crippen LogP contribution in [0.5, 0.6) is 5.75 Å². The lowest BCUT2D eigenvalue weighted by Crippen LogP contribution is -2.49. The van der Waals surface area contributed by atoms with Crippen molar-refractivity contribution < 1.29 is 9.94 Å². The number of nitrogens with zero attached hydrogens (tertiary/aromatic N) is 1. The summed E-state index contributed by atoms with van der Waals surface area (Å²) in [5.41, 5.74) is 0.742. The fourth-order valence-corrected chi connectivity index (χ4v) is 2.97. The van der Waals surface area contributed by atoms with Crippen molar-refractivity contribution in [3.05, 3.63) is 24.3 Å². The van der Waals surface area contributed by atoms with Gasteiger partial charge in [-0.2, -0.15) is 5.06 Å². The number of ether oxygens (including phenoxy) is 1. The van der Waals surface area contributed by atoms with Gasteiger partial charge in [-0.15, -0.1) is 0 Å². The molecular weight excluding hydrogens is 240 g/mol. The molecular formula is C15H22N2O2. The van der Waals surface area contributed by atoms with E-state index in [9.17, 15) is 5.21 Å². The minimum absolute atomic E-state index is 0.439. The van der Waals surface area contributed by atoms with Gasteiger partial charge in [0.05, 0.1) is 0 Å². The summed E-state index contributed by atoms with van der Waals surface area (Å²) in [6, 6.07) is 8.02. The number of hydroxylamine groups is 1. The molecule has 0 spiro atoms. The van der Waals surface area contributed by atoms with Gasteiger partial charge in [0.1, 0.15) is 11.4 Å². The fraction of sp³-hybridized carbons (Fsp3) is 0.600. The molecule has 1 unspecified atom stereocenters. The summed E-state index contributed by atoms with van der Waals surface area (Å²) >= 11 is 0. The smallest absolute Gasteiger partial charge is 0.252 e. The van der Waals surface area contributed by atoms with Crippen molar-refractivity contribution in [2.45, 2.75) is 57.3 Å². The van der Waals surface area contributed by atoms with Gasteiger partial charge in [0.15, 0.2) is 0 Å². The lowest BCUT2D eigenvalue weighted by atomic mass is 9.97. The average molecular weight is 262 g/mol. The summed E-state index contributed by atoms with van der Waals surface area (Å²) in [5.74, 6) is 0.744. The lowest BCUT2D eigenvalue weighted by molar-refractivity contribution is 0.0735. The van der Waals surface area contributed by atoms with Crippen LogP contribution in [0.2, 0.25) is 0 Å². The van der Waals surface area contributed by atoms with Gasteiger partial charge in [0.25, 0.3) is 6.35 Å². The van der Waals surface area contributed by atoms with Crippen molar-refractivity contribution in [3.8, 4) is 5.75 Å². The van der Waals surface area contributed by atoms with Crippen LogP contribution in [-0.2, 0) is 0 Å². The van der Waals surface area contributed by atoms with Gasteiger partial charge >= 0.3 is 0 Å². The van der Waals surface area contributed by atoms with Crippen molar-refractivity contribution in [2.24, 2.45) is 0 Å². The van der Waals surface area contributed by atoms with E-state index in [1.165, 1.54) is 50.0 Å². The first-order valence-corrected chi connectivity index (χ1v) is 7.34. The quantitative estimate of drug-likeness (QED) is 0.858. The molecule has 1 aromatic carbocycles. The Morgan fingerprint density at radius 1 is 1.05 bits per heavy atom. The highest BCUT2D eigenvalue weighted by Crippen LogP contribution is 2.34. The molecule has 1 aliphatic carbocycles. The van der Waals surface area contributed by atoms with Gasteiger partial charge in [0, 0.05) is 6.04 Å². The number of anilines is 1. The number of fused-ring (bicyclic) bond motifs is 1. The van der Waals surface area contributed by atoms with Crippen LogP contribution in [0.15, 0.2) is 24.3 Å². The molecule has 2 N–H and O–H groups in total. The lowest BCUT2D eigenvalue weighted by Gasteiger charge is -2.27. The molecule has 1 aromatic rings. The average Bonchev–Trinajstić information content (AvgIpc) is 2.70. The Morgan fingerprint density at radius 2 is 1.74 bits per heavy atom. The SMILES string of the molecule is ON1c2ccccc2OC1NC1CCCCCCC1. The Balaban J connectivity index is 1.61. The van der Waals surface area contributed by atoms with Crippen LogP contribution < -0.4 is 15.1 Å². The number of rotatable bonds is 2. The molecule has 0 saturated heterocycles. The molecule has 3 rings (SSSR count). The topological polar surface area (TPSA) is 44.7 Å².